The first-order chi connectivity index (χ1) is 9.72. The van der Waals surface area contributed by atoms with E-state index in [4.69, 9.17) is 23.2 Å². The third-order valence-corrected chi connectivity index (χ3v) is 3.75. The Bertz CT molecular complexity index is 608. The summed E-state index contributed by atoms with van der Waals surface area (Å²) in [4.78, 5) is 4.04. The van der Waals surface area contributed by atoms with E-state index in [9.17, 15) is 5.26 Å². The van der Waals surface area contributed by atoms with Crippen LogP contribution in [0, 0.1) is 11.3 Å². The van der Waals surface area contributed by atoms with Crippen LogP contribution in [0.25, 0.3) is 0 Å². The molecule has 0 aliphatic rings. The van der Waals surface area contributed by atoms with Crippen molar-refractivity contribution >= 4 is 23.2 Å². The summed E-state index contributed by atoms with van der Waals surface area (Å²) < 4.78 is 0. The molecule has 102 valence electrons. The topological polar surface area (TPSA) is 48.7 Å². The molecule has 1 atom stereocenters. The lowest BCUT2D eigenvalue weighted by molar-refractivity contribution is 0.651. The summed E-state index contributed by atoms with van der Waals surface area (Å²) in [5, 5.41) is 13.4. The van der Waals surface area contributed by atoms with Crippen molar-refractivity contribution < 1.29 is 0 Å². The molecule has 2 aromatic rings. The molecule has 0 aliphatic heterocycles. The molecule has 1 heterocycles. The van der Waals surface area contributed by atoms with E-state index in [1.54, 1.807) is 24.5 Å². The summed E-state index contributed by atoms with van der Waals surface area (Å²) in [7, 11) is 0. The maximum absolute atomic E-state index is 9.29. The van der Waals surface area contributed by atoms with Gasteiger partial charge in [-0.15, -0.1) is 0 Å². The van der Waals surface area contributed by atoms with E-state index >= 15 is 0 Å². The molecule has 0 bridgehead atoms. The van der Waals surface area contributed by atoms with Gasteiger partial charge in [-0.25, -0.2) is 0 Å². The first-order valence-corrected chi connectivity index (χ1v) is 6.91. The Balaban J connectivity index is 2.00. The molecule has 1 aromatic carbocycles. The predicted molar refractivity (Wildman–Crippen MR) is 80.8 cm³/mol. The molecule has 0 spiro atoms. The third kappa shape index (κ3) is 3.71. The standard InChI is InChI=1S/C15H13Cl2N3/c16-14-5-1-4-13(15(14)17)12(7-18)10-20-9-11-3-2-6-19-8-11/h1-6,8,12,20H,9-10H2. The largest absolute Gasteiger partial charge is 0.311 e. The normalized spacial score (nSPS) is 11.8. The van der Waals surface area contributed by atoms with Crippen molar-refractivity contribution in [1.29, 1.82) is 5.26 Å². The minimum atomic E-state index is -0.335. The van der Waals surface area contributed by atoms with E-state index in [2.05, 4.69) is 16.4 Å². The summed E-state index contributed by atoms with van der Waals surface area (Å²) in [6, 6.07) is 11.5. The second-order valence-corrected chi connectivity index (χ2v) is 5.10. The van der Waals surface area contributed by atoms with E-state index in [1.807, 2.05) is 18.2 Å². The minimum absolute atomic E-state index is 0.335. The van der Waals surface area contributed by atoms with Crippen LogP contribution in [0.2, 0.25) is 10.0 Å². The molecule has 0 amide bonds. The lowest BCUT2D eigenvalue weighted by atomic mass is 10.0. The Morgan fingerprint density at radius 1 is 1.25 bits per heavy atom. The molecule has 0 fully saturated rings. The van der Waals surface area contributed by atoms with Crippen molar-refractivity contribution in [3.05, 3.63) is 63.9 Å². The van der Waals surface area contributed by atoms with Gasteiger partial charge < -0.3 is 5.32 Å². The second kappa shape index (κ2) is 7.25. The van der Waals surface area contributed by atoms with Gasteiger partial charge in [0.25, 0.3) is 0 Å². The van der Waals surface area contributed by atoms with Crippen molar-refractivity contribution in [3.8, 4) is 6.07 Å². The van der Waals surface area contributed by atoms with Crippen molar-refractivity contribution in [3.63, 3.8) is 0 Å². The molecular weight excluding hydrogens is 293 g/mol. The Morgan fingerprint density at radius 3 is 2.80 bits per heavy atom. The second-order valence-electron chi connectivity index (χ2n) is 4.32. The van der Waals surface area contributed by atoms with Crippen LogP contribution < -0.4 is 5.32 Å². The number of hydrogen-bond donors (Lipinski definition) is 1. The smallest absolute Gasteiger partial charge is 0.0852 e. The lowest BCUT2D eigenvalue weighted by Gasteiger charge is -2.13. The molecule has 0 saturated carbocycles. The van der Waals surface area contributed by atoms with Crippen molar-refractivity contribution in [1.82, 2.24) is 10.3 Å². The van der Waals surface area contributed by atoms with Crippen LogP contribution in [0.15, 0.2) is 42.7 Å². The van der Waals surface area contributed by atoms with E-state index in [0.717, 1.165) is 11.1 Å². The van der Waals surface area contributed by atoms with Crippen molar-refractivity contribution in [2.45, 2.75) is 12.5 Å². The van der Waals surface area contributed by atoms with Gasteiger partial charge in [-0.2, -0.15) is 5.26 Å². The maximum Gasteiger partial charge on any atom is 0.0852 e. The molecule has 0 radical (unpaired) electrons. The van der Waals surface area contributed by atoms with Gasteiger partial charge in [-0.05, 0) is 23.3 Å². The van der Waals surface area contributed by atoms with E-state index in [0.29, 0.717) is 23.1 Å². The number of benzene rings is 1. The van der Waals surface area contributed by atoms with Gasteiger partial charge in [-0.1, -0.05) is 41.4 Å². The highest BCUT2D eigenvalue weighted by molar-refractivity contribution is 6.42. The van der Waals surface area contributed by atoms with E-state index in [1.165, 1.54) is 0 Å². The van der Waals surface area contributed by atoms with Gasteiger partial charge in [-0.3, -0.25) is 4.98 Å². The highest BCUT2D eigenvalue weighted by Gasteiger charge is 2.15. The van der Waals surface area contributed by atoms with Gasteiger partial charge in [0.2, 0.25) is 0 Å². The molecule has 2 rings (SSSR count). The van der Waals surface area contributed by atoms with Gasteiger partial charge in [0.05, 0.1) is 22.0 Å². The van der Waals surface area contributed by atoms with Crippen LogP contribution in [0.5, 0.6) is 0 Å². The molecule has 20 heavy (non-hydrogen) atoms. The quantitative estimate of drug-likeness (QED) is 0.914. The van der Waals surface area contributed by atoms with Gasteiger partial charge in [0.1, 0.15) is 0 Å². The predicted octanol–water partition coefficient (Wildman–Crippen LogP) is 3.79. The fourth-order valence-electron chi connectivity index (χ4n) is 1.88. The monoisotopic (exact) mass is 305 g/mol. The average Bonchev–Trinajstić information content (AvgIpc) is 2.48. The Morgan fingerprint density at radius 2 is 2.10 bits per heavy atom. The first-order valence-electron chi connectivity index (χ1n) is 6.15. The van der Waals surface area contributed by atoms with Crippen molar-refractivity contribution in [2.75, 3.05) is 6.54 Å². The first kappa shape index (κ1) is 14.8. The van der Waals surface area contributed by atoms with Crippen LogP contribution in [-0.4, -0.2) is 11.5 Å². The van der Waals surface area contributed by atoms with Crippen LogP contribution in [0.1, 0.15) is 17.0 Å². The van der Waals surface area contributed by atoms with Gasteiger partial charge in [0, 0.05) is 25.5 Å². The number of nitrogens with one attached hydrogen (secondary N) is 1. The number of rotatable bonds is 5. The molecule has 5 heteroatoms. The summed E-state index contributed by atoms with van der Waals surface area (Å²) in [5.41, 5.74) is 1.82. The SMILES string of the molecule is N#CC(CNCc1cccnc1)c1cccc(Cl)c1Cl. The third-order valence-electron chi connectivity index (χ3n) is 2.91. The van der Waals surface area contributed by atoms with E-state index < -0.39 is 0 Å². The van der Waals surface area contributed by atoms with Gasteiger partial charge >= 0.3 is 0 Å². The van der Waals surface area contributed by atoms with Crippen LogP contribution >= 0.6 is 23.2 Å². The van der Waals surface area contributed by atoms with Gasteiger partial charge in [0.15, 0.2) is 0 Å². The number of aromatic nitrogens is 1. The summed E-state index contributed by atoms with van der Waals surface area (Å²) in [6.45, 7) is 1.16. The summed E-state index contributed by atoms with van der Waals surface area (Å²) in [6.07, 6.45) is 3.52. The highest BCUT2D eigenvalue weighted by atomic mass is 35.5. The van der Waals surface area contributed by atoms with Crippen LogP contribution in [-0.2, 0) is 6.54 Å². The van der Waals surface area contributed by atoms with Crippen LogP contribution in [0.3, 0.4) is 0 Å². The fourth-order valence-corrected chi connectivity index (χ4v) is 2.32. The molecular formula is C15H13Cl2N3. The highest BCUT2D eigenvalue weighted by Crippen LogP contribution is 2.30. The fraction of sp³-hybridized carbons (Fsp3) is 0.200. The number of nitriles is 1. The molecule has 0 saturated heterocycles. The molecule has 0 aliphatic carbocycles. The van der Waals surface area contributed by atoms with Crippen LogP contribution in [0.4, 0.5) is 0 Å². The number of halogens is 2. The maximum atomic E-state index is 9.29. The number of nitrogens with zero attached hydrogens (tertiary/aromatic N) is 2. The molecule has 1 aromatic heterocycles. The minimum Gasteiger partial charge on any atom is -0.311 e. The molecule has 1 N–H and O–H groups in total. The Hall–Kier alpha value is -1.60. The zero-order valence-electron chi connectivity index (χ0n) is 10.7. The molecule has 3 nitrogen and oxygen atoms in total. The lowest BCUT2D eigenvalue weighted by Crippen LogP contribution is -2.20. The number of hydrogen-bond acceptors (Lipinski definition) is 3. The zero-order chi connectivity index (χ0) is 14.4. The summed E-state index contributed by atoms with van der Waals surface area (Å²) >= 11 is 12.1. The number of pyridine rings is 1. The average molecular weight is 306 g/mol. The van der Waals surface area contributed by atoms with E-state index in [-0.39, 0.29) is 5.92 Å². The molecule has 1 unspecified atom stereocenters. The zero-order valence-corrected chi connectivity index (χ0v) is 12.2. The van der Waals surface area contributed by atoms with Crippen molar-refractivity contribution in [2.24, 2.45) is 0 Å². The Labute approximate surface area is 128 Å². The Kier molecular flexibility index (Phi) is 5.37. The summed E-state index contributed by atoms with van der Waals surface area (Å²) in [5.74, 6) is -0.335.